The van der Waals surface area contributed by atoms with Gasteiger partial charge in [-0.2, -0.15) is 4.72 Å². The highest BCUT2D eigenvalue weighted by Crippen LogP contribution is 2.40. The van der Waals surface area contributed by atoms with Crippen molar-refractivity contribution in [3.8, 4) is 11.1 Å². The molecule has 1 aliphatic rings. The number of para-hydroxylation sites is 1. The Kier molecular flexibility index (Phi) is 13.2. The lowest BCUT2D eigenvalue weighted by atomic mass is 9.99. The molecule has 0 saturated carbocycles. The van der Waals surface area contributed by atoms with E-state index in [0.29, 0.717) is 6.42 Å². The van der Waals surface area contributed by atoms with Gasteiger partial charge in [-0.15, -0.1) is 11.3 Å². The second-order valence-corrected chi connectivity index (χ2v) is 18.8. The van der Waals surface area contributed by atoms with Crippen molar-refractivity contribution < 1.29 is 27.8 Å². The summed E-state index contributed by atoms with van der Waals surface area (Å²) in [6.07, 6.45) is -0.0165. The van der Waals surface area contributed by atoms with Gasteiger partial charge in [0.2, 0.25) is 15.9 Å². The standard InChI is InChI=1S/C48H45N3O6S3/c1-32-14-24-41(25-15-32)60(54,55)51-43(27-33-8-3-2-4-9-33)46(53)49-29-35-10-7-11-39(26-35)36-20-22-38(23-21-36)47-56-40(28-44(57-47)37-18-16-34(30-52)17-19-37)31-58-48-50-42-12-5-6-13-45(42)59-48/h2-26,40,43-44,47,51-52H,27-31H2,1H3,(H,49,53). The molecule has 12 heteroatoms. The summed E-state index contributed by atoms with van der Waals surface area (Å²) in [7, 11) is -3.96. The SMILES string of the molecule is Cc1ccc(S(=O)(=O)NC(Cc2ccccc2)C(=O)NCc2cccc(-c3ccc(C4OC(CSc5nc6ccccc6s5)CC(c5ccc(CO)cc5)O4)cc3)c2)cc1. The quantitative estimate of drug-likeness (QED) is 0.0872. The summed E-state index contributed by atoms with van der Waals surface area (Å²) < 4.78 is 44.8. The molecule has 1 fully saturated rings. The number of aromatic nitrogens is 1. The number of rotatable bonds is 15. The van der Waals surface area contributed by atoms with Crippen LogP contribution in [0.15, 0.2) is 161 Å². The van der Waals surface area contributed by atoms with Crippen molar-refractivity contribution in [1.82, 2.24) is 15.0 Å². The van der Waals surface area contributed by atoms with E-state index in [9.17, 15) is 18.3 Å². The molecule has 4 atom stereocenters. The van der Waals surface area contributed by atoms with Gasteiger partial charge >= 0.3 is 0 Å². The Morgan fingerprint density at radius 3 is 2.27 bits per heavy atom. The highest BCUT2D eigenvalue weighted by Gasteiger charge is 2.33. The summed E-state index contributed by atoms with van der Waals surface area (Å²) in [5.74, 6) is 0.300. The van der Waals surface area contributed by atoms with Crippen LogP contribution < -0.4 is 10.0 Å². The van der Waals surface area contributed by atoms with Crippen LogP contribution >= 0.6 is 23.1 Å². The molecule has 0 aliphatic carbocycles. The zero-order valence-electron chi connectivity index (χ0n) is 32.9. The van der Waals surface area contributed by atoms with Crippen LogP contribution in [0.2, 0.25) is 0 Å². The van der Waals surface area contributed by atoms with Crippen LogP contribution in [-0.2, 0) is 43.9 Å². The number of benzene rings is 6. The third kappa shape index (κ3) is 10.4. The molecule has 0 spiro atoms. The zero-order chi connectivity index (χ0) is 41.5. The average molecular weight is 856 g/mol. The number of hydrogen-bond acceptors (Lipinski definition) is 9. The van der Waals surface area contributed by atoms with Gasteiger partial charge in [-0.1, -0.05) is 139 Å². The summed E-state index contributed by atoms with van der Waals surface area (Å²) in [6, 6.07) is 47.0. The number of sulfonamides is 1. The predicted molar refractivity (Wildman–Crippen MR) is 238 cm³/mol. The van der Waals surface area contributed by atoms with Crippen molar-refractivity contribution in [2.24, 2.45) is 0 Å². The molecular weight excluding hydrogens is 811 g/mol. The summed E-state index contributed by atoms with van der Waals surface area (Å²) in [4.78, 5) is 18.6. The number of amides is 1. The minimum Gasteiger partial charge on any atom is -0.392 e. The van der Waals surface area contributed by atoms with Crippen molar-refractivity contribution in [1.29, 1.82) is 0 Å². The largest absolute Gasteiger partial charge is 0.392 e. The zero-order valence-corrected chi connectivity index (χ0v) is 35.4. The number of thiazole rings is 1. The lowest BCUT2D eigenvalue weighted by Crippen LogP contribution is -2.47. The van der Waals surface area contributed by atoms with Crippen LogP contribution in [0, 0.1) is 6.92 Å². The molecule has 1 amide bonds. The van der Waals surface area contributed by atoms with E-state index in [4.69, 9.17) is 14.5 Å². The number of nitrogens with zero attached hydrogens (tertiary/aromatic N) is 1. The summed E-state index contributed by atoms with van der Waals surface area (Å²) in [5, 5.41) is 12.6. The molecule has 0 radical (unpaired) electrons. The Morgan fingerprint density at radius 2 is 1.52 bits per heavy atom. The van der Waals surface area contributed by atoms with E-state index >= 15 is 0 Å². The molecule has 2 heterocycles. The Hall–Kier alpha value is -5.18. The first kappa shape index (κ1) is 41.5. The summed E-state index contributed by atoms with van der Waals surface area (Å²) in [5.41, 5.74) is 8.37. The number of hydrogen-bond donors (Lipinski definition) is 3. The number of fused-ring (bicyclic) bond motifs is 1. The van der Waals surface area contributed by atoms with Crippen molar-refractivity contribution in [3.63, 3.8) is 0 Å². The molecule has 8 rings (SSSR count). The number of aliphatic hydroxyl groups is 1. The molecule has 1 aliphatic heterocycles. The van der Waals surface area contributed by atoms with E-state index < -0.39 is 28.3 Å². The van der Waals surface area contributed by atoms with E-state index in [1.165, 1.54) is 0 Å². The maximum absolute atomic E-state index is 13.7. The molecule has 4 unspecified atom stereocenters. The Labute approximate surface area is 358 Å². The van der Waals surface area contributed by atoms with Crippen molar-refractivity contribution in [3.05, 3.63) is 185 Å². The number of ether oxygens (including phenoxy) is 2. The van der Waals surface area contributed by atoms with Gasteiger partial charge in [0, 0.05) is 24.3 Å². The van der Waals surface area contributed by atoms with Crippen LogP contribution in [0.5, 0.6) is 0 Å². The van der Waals surface area contributed by atoms with Crippen LogP contribution in [0.1, 0.15) is 52.2 Å². The lowest BCUT2D eigenvalue weighted by molar-refractivity contribution is -0.245. The van der Waals surface area contributed by atoms with Crippen molar-refractivity contribution in [2.75, 3.05) is 5.75 Å². The smallest absolute Gasteiger partial charge is 0.241 e. The maximum Gasteiger partial charge on any atom is 0.241 e. The van der Waals surface area contributed by atoms with Crippen LogP contribution in [0.3, 0.4) is 0 Å². The van der Waals surface area contributed by atoms with Crippen LogP contribution in [0.4, 0.5) is 0 Å². The first-order chi connectivity index (χ1) is 29.2. The normalized spacial score (nSPS) is 17.3. The molecule has 6 aromatic carbocycles. The van der Waals surface area contributed by atoms with E-state index in [1.807, 2.05) is 128 Å². The second kappa shape index (κ2) is 19.0. The number of aryl methyl sites for hydroxylation is 1. The number of carbonyl (C=O) groups excluding carboxylic acids is 1. The number of nitrogens with one attached hydrogen (secondary N) is 2. The predicted octanol–water partition coefficient (Wildman–Crippen LogP) is 9.31. The van der Waals surface area contributed by atoms with Gasteiger partial charge in [0.1, 0.15) is 6.04 Å². The van der Waals surface area contributed by atoms with E-state index in [1.54, 1.807) is 47.4 Å². The Balaban J connectivity index is 0.949. The number of carbonyl (C=O) groups is 1. The second-order valence-electron chi connectivity index (χ2n) is 14.8. The van der Waals surface area contributed by atoms with E-state index in [-0.39, 0.29) is 36.7 Å². The highest BCUT2D eigenvalue weighted by molar-refractivity contribution is 8.01. The molecule has 60 heavy (non-hydrogen) atoms. The average Bonchev–Trinajstić information content (AvgIpc) is 3.71. The topological polar surface area (TPSA) is 127 Å². The minimum atomic E-state index is -3.96. The molecule has 9 nitrogen and oxygen atoms in total. The van der Waals surface area contributed by atoms with Gasteiger partial charge in [-0.3, -0.25) is 4.79 Å². The van der Waals surface area contributed by atoms with E-state index in [2.05, 4.69) is 16.1 Å². The fourth-order valence-electron chi connectivity index (χ4n) is 7.12. The maximum atomic E-state index is 13.7. The van der Waals surface area contributed by atoms with Gasteiger partial charge in [-0.05, 0) is 77.1 Å². The van der Waals surface area contributed by atoms with Gasteiger partial charge in [-0.25, -0.2) is 13.4 Å². The van der Waals surface area contributed by atoms with Crippen molar-refractivity contribution >= 4 is 49.2 Å². The third-order valence-electron chi connectivity index (χ3n) is 10.4. The van der Waals surface area contributed by atoms with Gasteiger partial charge < -0.3 is 19.9 Å². The molecular formula is C48H45N3O6S3. The third-order valence-corrected chi connectivity index (χ3v) is 14.2. The first-order valence-corrected chi connectivity index (χ1v) is 23.1. The molecule has 1 aromatic heterocycles. The molecule has 3 N–H and O–H groups in total. The fraction of sp³-hybridized carbons (Fsp3) is 0.208. The lowest BCUT2D eigenvalue weighted by Gasteiger charge is -2.36. The van der Waals surface area contributed by atoms with Gasteiger partial charge in [0.25, 0.3) is 0 Å². The first-order valence-electron chi connectivity index (χ1n) is 19.8. The van der Waals surface area contributed by atoms with Gasteiger partial charge in [0.05, 0.1) is 33.9 Å². The molecule has 1 saturated heterocycles. The molecule has 306 valence electrons. The minimum absolute atomic E-state index is 0.0169. The fourth-order valence-corrected chi connectivity index (χ4v) is 10.4. The number of thioether (sulfide) groups is 1. The Morgan fingerprint density at radius 1 is 0.800 bits per heavy atom. The Bertz CT molecular complexity index is 2600. The van der Waals surface area contributed by atoms with Crippen LogP contribution in [-0.4, -0.2) is 42.3 Å². The summed E-state index contributed by atoms with van der Waals surface area (Å²) in [6.45, 7) is 2.08. The molecule has 0 bridgehead atoms. The number of aliphatic hydroxyl groups excluding tert-OH is 1. The van der Waals surface area contributed by atoms with Crippen molar-refractivity contribution in [2.45, 2.75) is 66.7 Å². The van der Waals surface area contributed by atoms with E-state index in [0.717, 1.165) is 64.8 Å². The van der Waals surface area contributed by atoms with Crippen LogP contribution in [0.25, 0.3) is 21.3 Å². The van der Waals surface area contributed by atoms with Gasteiger partial charge in [0.15, 0.2) is 10.6 Å². The highest BCUT2D eigenvalue weighted by atomic mass is 32.2. The molecule has 7 aromatic rings. The summed E-state index contributed by atoms with van der Waals surface area (Å²) >= 11 is 3.39. The monoisotopic (exact) mass is 855 g/mol.